The van der Waals surface area contributed by atoms with Crippen molar-refractivity contribution in [2.24, 2.45) is 0 Å². The first-order valence-corrected chi connectivity index (χ1v) is 12.9. The Balaban J connectivity index is 1.82. The van der Waals surface area contributed by atoms with Gasteiger partial charge in [0.25, 0.3) is 0 Å². The van der Waals surface area contributed by atoms with Crippen molar-refractivity contribution in [3.63, 3.8) is 0 Å². The van der Waals surface area contributed by atoms with Crippen molar-refractivity contribution < 1.29 is 14.0 Å². The summed E-state index contributed by atoms with van der Waals surface area (Å²) in [6.07, 6.45) is 3.59. The molecule has 1 aliphatic heterocycles. The van der Waals surface area contributed by atoms with E-state index < -0.39 is 26.4 Å². The minimum Gasteiger partial charge on any atom is -0.398 e. The van der Waals surface area contributed by atoms with Crippen LogP contribution in [0, 0.1) is 0 Å². The van der Waals surface area contributed by atoms with E-state index in [-0.39, 0.29) is 0 Å². The van der Waals surface area contributed by atoms with E-state index in [1.54, 1.807) is 6.20 Å². The molecule has 2 aromatic rings. The van der Waals surface area contributed by atoms with Gasteiger partial charge in [0, 0.05) is 26.3 Å². The van der Waals surface area contributed by atoms with Crippen molar-refractivity contribution in [2.45, 2.75) is 71.3 Å². The molecule has 0 unspecified atom stereocenters. The van der Waals surface area contributed by atoms with Crippen LogP contribution in [0.3, 0.4) is 0 Å². The number of pyridine rings is 1. The number of rotatable bonds is 6. The molecule has 0 radical (unpaired) electrons. The molecule has 1 aliphatic rings. The summed E-state index contributed by atoms with van der Waals surface area (Å²) < 4.78 is 20.1. The van der Waals surface area contributed by atoms with Crippen LogP contribution in [-0.2, 0) is 20.8 Å². The fourth-order valence-electron chi connectivity index (χ4n) is 2.80. The maximum atomic E-state index is 6.19. The smallest absolute Gasteiger partial charge is 0.398 e. The Hall–Kier alpha value is -1.22. The van der Waals surface area contributed by atoms with Crippen LogP contribution in [0.25, 0.3) is 10.9 Å². The highest BCUT2D eigenvalue weighted by molar-refractivity contribution is 6.76. The van der Waals surface area contributed by atoms with Gasteiger partial charge in [-0.15, -0.1) is 0 Å². The average molecular weight is 375 g/mol. The lowest BCUT2D eigenvalue weighted by molar-refractivity contribution is 0.00578. The molecule has 0 atom stereocenters. The summed E-state index contributed by atoms with van der Waals surface area (Å²) in [5, 5.41) is 5.74. The van der Waals surface area contributed by atoms with Crippen LogP contribution in [-0.4, -0.2) is 47.8 Å². The third kappa shape index (κ3) is 3.88. The van der Waals surface area contributed by atoms with E-state index in [0.29, 0.717) is 6.73 Å². The monoisotopic (exact) mass is 375 g/mol. The molecule has 3 rings (SSSR count). The Kier molecular flexibility index (Phi) is 5.07. The molecule has 142 valence electrons. The Bertz CT molecular complexity index is 770. The Morgan fingerprint density at radius 3 is 2.42 bits per heavy atom. The normalized spacial score (nSPS) is 19.4. The van der Waals surface area contributed by atoms with Gasteiger partial charge in [-0.05, 0) is 39.8 Å². The first kappa shape index (κ1) is 19.5. The predicted molar refractivity (Wildman–Crippen MR) is 107 cm³/mol. The SMILES string of the molecule is CC1(C)OB(c2nn(COCC[Si](C)(C)C)c3cnccc23)OC1(C)C. The predicted octanol–water partition coefficient (Wildman–Crippen LogP) is 3.04. The van der Waals surface area contributed by atoms with Gasteiger partial charge < -0.3 is 14.0 Å². The molecule has 0 bridgehead atoms. The van der Waals surface area contributed by atoms with Crippen LogP contribution in [0.5, 0.6) is 0 Å². The molecule has 2 aromatic heterocycles. The zero-order valence-corrected chi connectivity index (χ0v) is 18.0. The second-order valence-electron chi connectivity index (χ2n) is 9.21. The molecule has 3 heterocycles. The molecule has 26 heavy (non-hydrogen) atoms. The van der Waals surface area contributed by atoms with Gasteiger partial charge in [-0.3, -0.25) is 4.98 Å². The largest absolute Gasteiger partial charge is 0.517 e. The maximum absolute atomic E-state index is 6.19. The van der Waals surface area contributed by atoms with E-state index in [9.17, 15) is 0 Å². The third-order valence-electron chi connectivity index (χ3n) is 5.27. The van der Waals surface area contributed by atoms with Crippen LogP contribution in [0.15, 0.2) is 18.5 Å². The second-order valence-corrected chi connectivity index (χ2v) is 14.8. The molecule has 6 nitrogen and oxygen atoms in total. The minimum absolute atomic E-state index is 0.394. The van der Waals surface area contributed by atoms with Gasteiger partial charge >= 0.3 is 7.12 Å². The molecule has 0 aromatic carbocycles. The van der Waals surface area contributed by atoms with Gasteiger partial charge in [-0.1, -0.05) is 19.6 Å². The Morgan fingerprint density at radius 2 is 1.81 bits per heavy atom. The van der Waals surface area contributed by atoms with Crippen molar-refractivity contribution in [3.8, 4) is 0 Å². The summed E-state index contributed by atoms with van der Waals surface area (Å²) in [4.78, 5) is 4.25. The van der Waals surface area contributed by atoms with E-state index in [1.165, 1.54) is 0 Å². The lowest BCUT2D eigenvalue weighted by atomic mass is 9.83. The van der Waals surface area contributed by atoms with E-state index in [2.05, 4.69) is 24.6 Å². The van der Waals surface area contributed by atoms with E-state index in [0.717, 1.165) is 29.1 Å². The minimum atomic E-state index is -1.10. The van der Waals surface area contributed by atoms with Gasteiger partial charge in [0.05, 0.1) is 22.9 Å². The number of hydrogen-bond acceptors (Lipinski definition) is 5. The molecule has 8 heteroatoms. The summed E-state index contributed by atoms with van der Waals surface area (Å²) in [5.74, 6) is 0. The lowest BCUT2D eigenvalue weighted by Gasteiger charge is -2.32. The molecule has 0 spiro atoms. The number of fused-ring (bicyclic) bond motifs is 1. The summed E-state index contributed by atoms with van der Waals surface area (Å²) in [5.41, 5.74) is 0.934. The molecule has 0 saturated carbocycles. The van der Waals surface area contributed by atoms with Crippen molar-refractivity contribution >= 4 is 31.7 Å². The summed E-state index contributed by atoms with van der Waals surface area (Å²) >= 11 is 0. The van der Waals surface area contributed by atoms with Crippen LogP contribution in [0.2, 0.25) is 25.7 Å². The van der Waals surface area contributed by atoms with Crippen LogP contribution >= 0.6 is 0 Å². The van der Waals surface area contributed by atoms with Crippen LogP contribution in [0.1, 0.15) is 27.7 Å². The molecule has 0 amide bonds. The van der Waals surface area contributed by atoms with E-state index in [4.69, 9.17) is 19.1 Å². The summed E-state index contributed by atoms with van der Waals surface area (Å²) in [6, 6.07) is 3.09. The van der Waals surface area contributed by atoms with Gasteiger partial charge in [-0.25, -0.2) is 4.68 Å². The standard InChI is InChI=1S/C18H30BN3O3Si/c1-17(2)18(3,4)25-19(24-17)16-14-8-9-20-12-15(14)22(21-16)13-23-10-11-26(5,6)7/h8-9,12H,10-11,13H2,1-7H3. The van der Waals surface area contributed by atoms with Crippen molar-refractivity contribution in [1.82, 2.24) is 14.8 Å². The topological polar surface area (TPSA) is 58.4 Å². The van der Waals surface area contributed by atoms with Crippen molar-refractivity contribution in [2.75, 3.05) is 6.61 Å². The molecular formula is C18H30BN3O3Si. The maximum Gasteiger partial charge on any atom is 0.517 e. The lowest BCUT2D eigenvalue weighted by Crippen LogP contribution is -2.41. The third-order valence-corrected chi connectivity index (χ3v) is 6.97. The highest BCUT2D eigenvalue weighted by Crippen LogP contribution is 2.36. The zero-order valence-electron chi connectivity index (χ0n) is 17.0. The number of aromatic nitrogens is 3. The Labute approximate surface area is 157 Å². The van der Waals surface area contributed by atoms with Crippen LogP contribution < -0.4 is 5.59 Å². The molecule has 0 N–H and O–H groups in total. The summed E-state index contributed by atoms with van der Waals surface area (Å²) in [6.45, 7) is 16.4. The van der Waals surface area contributed by atoms with Crippen molar-refractivity contribution in [3.05, 3.63) is 18.5 Å². The van der Waals surface area contributed by atoms with Crippen LogP contribution in [0.4, 0.5) is 0 Å². The zero-order chi connectivity index (χ0) is 19.2. The molecule has 1 fully saturated rings. The fourth-order valence-corrected chi connectivity index (χ4v) is 3.56. The van der Waals surface area contributed by atoms with Crippen molar-refractivity contribution in [1.29, 1.82) is 0 Å². The van der Waals surface area contributed by atoms with E-state index >= 15 is 0 Å². The van der Waals surface area contributed by atoms with Gasteiger partial charge in [0.15, 0.2) is 0 Å². The second kappa shape index (κ2) is 6.74. The number of hydrogen-bond donors (Lipinski definition) is 0. The molecule has 1 saturated heterocycles. The highest BCUT2D eigenvalue weighted by atomic mass is 28.3. The van der Waals surface area contributed by atoms with Gasteiger partial charge in [-0.2, -0.15) is 5.10 Å². The molecular weight excluding hydrogens is 345 g/mol. The van der Waals surface area contributed by atoms with E-state index in [1.807, 2.05) is 44.6 Å². The quantitative estimate of drug-likeness (QED) is 0.574. The summed E-state index contributed by atoms with van der Waals surface area (Å²) in [7, 11) is -1.60. The average Bonchev–Trinajstić information content (AvgIpc) is 2.98. The van der Waals surface area contributed by atoms with Gasteiger partial charge in [0.1, 0.15) is 12.3 Å². The first-order valence-electron chi connectivity index (χ1n) is 9.24. The molecule has 0 aliphatic carbocycles. The Morgan fingerprint density at radius 1 is 1.15 bits per heavy atom. The first-order chi connectivity index (χ1) is 12.0. The number of nitrogens with zero attached hydrogens (tertiary/aromatic N) is 3. The fraction of sp³-hybridized carbons (Fsp3) is 0.667. The highest BCUT2D eigenvalue weighted by Gasteiger charge is 2.53. The number of ether oxygens (including phenoxy) is 1. The van der Waals surface area contributed by atoms with Gasteiger partial charge in [0.2, 0.25) is 0 Å².